The molecule has 5 rings (SSSR count). The van der Waals surface area contributed by atoms with Crippen LogP contribution in [0.4, 0.5) is 4.79 Å². The Kier molecular flexibility index (Phi) is 7.41. The number of amides is 3. The van der Waals surface area contributed by atoms with Crippen LogP contribution in [0.25, 0.3) is 6.08 Å². The van der Waals surface area contributed by atoms with Crippen LogP contribution in [0.1, 0.15) is 63.9 Å². The summed E-state index contributed by atoms with van der Waals surface area (Å²) in [6.45, 7) is 2.65. The third-order valence-corrected chi connectivity index (χ3v) is 9.10. The Bertz CT molecular complexity index is 1180. The summed E-state index contributed by atoms with van der Waals surface area (Å²) in [7, 11) is 0. The first-order chi connectivity index (χ1) is 18.2. The largest absolute Gasteiger partial charge is 0.445 e. The predicted molar refractivity (Wildman–Crippen MR) is 143 cm³/mol. The summed E-state index contributed by atoms with van der Waals surface area (Å²) >= 11 is 6.03. The number of ether oxygens (including phenoxy) is 1. The minimum atomic E-state index is -0.791. The minimum absolute atomic E-state index is 0.00495. The maximum atomic E-state index is 13.6. The molecule has 0 radical (unpaired) electrons. The van der Waals surface area contributed by atoms with E-state index in [2.05, 4.69) is 23.6 Å². The number of hydrogen-bond acceptors (Lipinski definition) is 5. The molecular weight excluding hydrogens is 504 g/mol. The molecule has 2 aliphatic carbocycles. The van der Waals surface area contributed by atoms with Crippen molar-refractivity contribution in [1.29, 1.82) is 5.26 Å². The average molecular weight is 539 g/mol. The Morgan fingerprint density at radius 2 is 2.16 bits per heavy atom. The first kappa shape index (κ1) is 26.6. The first-order valence-corrected chi connectivity index (χ1v) is 14.0. The number of likely N-dealkylation sites (tertiary alicyclic amines) is 1. The van der Waals surface area contributed by atoms with Crippen LogP contribution in [0.15, 0.2) is 30.3 Å². The average Bonchev–Trinajstić information content (AvgIpc) is 3.45. The smallest absolute Gasteiger partial charge is 0.410 e. The topological polar surface area (TPSA) is 112 Å². The molecule has 8 nitrogen and oxygen atoms in total. The van der Waals surface area contributed by atoms with Gasteiger partial charge in [0, 0.05) is 23.0 Å². The molecular formula is C29H35ClN4O4. The molecule has 5 atom stereocenters. The Morgan fingerprint density at radius 1 is 1.34 bits per heavy atom. The molecule has 2 saturated heterocycles. The summed E-state index contributed by atoms with van der Waals surface area (Å²) in [6, 6.07) is 8.04. The van der Waals surface area contributed by atoms with E-state index in [1.807, 2.05) is 24.3 Å². The normalized spacial score (nSPS) is 30.0. The van der Waals surface area contributed by atoms with Gasteiger partial charge in [0.2, 0.25) is 11.8 Å². The molecule has 1 aromatic carbocycles. The summed E-state index contributed by atoms with van der Waals surface area (Å²) in [6.07, 6.45) is 9.84. The number of rotatable bonds is 7. The highest BCUT2D eigenvalue weighted by molar-refractivity contribution is 6.30. The fourth-order valence-corrected chi connectivity index (χ4v) is 6.90. The molecule has 1 aromatic rings. The molecule has 0 aromatic heterocycles. The summed E-state index contributed by atoms with van der Waals surface area (Å²) in [4.78, 5) is 40.8. The van der Waals surface area contributed by atoms with E-state index >= 15 is 0 Å². The van der Waals surface area contributed by atoms with E-state index in [1.54, 1.807) is 17.0 Å². The van der Waals surface area contributed by atoms with Crippen molar-refractivity contribution < 1.29 is 19.1 Å². The molecule has 4 fully saturated rings. The van der Waals surface area contributed by atoms with Gasteiger partial charge >= 0.3 is 6.09 Å². The highest BCUT2D eigenvalue weighted by Crippen LogP contribution is 2.50. The Balaban J connectivity index is 1.24. The third kappa shape index (κ3) is 5.54. The highest BCUT2D eigenvalue weighted by Gasteiger charge is 2.56. The van der Waals surface area contributed by atoms with Crippen LogP contribution in [-0.2, 0) is 14.3 Å². The van der Waals surface area contributed by atoms with Crippen molar-refractivity contribution in [1.82, 2.24) is 15.5 Å². The second kappa shape index (κ2) is 10.6. The SMILES string of the molecule is C[C@@]12CCCC[C@@H]1[C@@H](C(=O)N[C@H](C#N)C[C@@H]1CC3(CC3)NC1=O)N(C(=O)OC/C=C/c1cccc(Cl)c1)C2. The van der Waals surface area contributed by atoms with Gasteiger partial charge in [0.05, 0.1) is 6.07 Å². The van der Waals surface area contributed by atoms with Gasteiger partial charge in [0.25, 0.3) is 0 Å². The van der Waals surface area contributed by atoms with Crippen LogP contribution in [0.3, 0.4) is 0 Å². The molecule has 38 heavy (non-hydrogen) atoms. The zero-order chi connectivity index (χ0) is 26.9. The lowest BCUT2D eigenvalue weighted by molar-refractivity contribution is -0.128. The van der Waals surface area contributed by atoms with Crippen molar-refractivity contribution in [3.05, 3.63) is 40.9 Å². The van der Waals surface area contributed by atoms with Gasteiger partial charge in [-0.3, -0.25) is 14.5 Å². The number of carbonyl (C=O) groups is 3. The number of nitrogens with one attached hydrogen (secondary N) is 2. The van der Waals surface area contributed by atoms with E-state index in [4.69, 9.17) is 16.3 Å². The number of nitrogens with zero attached hydrogens (tertiary/aromatic N) is 2. The minimum Gasteiger partial charge on any atom is -0.445 e. The summed E-state index contributed by atoms with van der Waals surface area (Å²) in [5.74, 6) is -0.653. The number of nitriles is 1. The summed E-state index contributed by atoms with van der Waals surface area (Å²) < 4.78 is 5.56. The van der Waals surface area contributed by atoms with Gasteiger partial charge in [-0.2, -0.15) is 5.26 Å². The number of hydrogen-bond donors (Lipinski definition) is 2. The molecule has 2 heterocycles. The fourth-order valence-electron chi connectivity index (χ4n) is 6.70. The van der Waals surface area contributed by atoms with Crippen molar-refractivity contribution in [2.45, 2.75) is 75.9 Å². The Labute approximate surface area is 228 Å². The van der Waals surface area contributed by atoms with E-state index in [0.717, 1.165) is 44.1 Å². The predicted octanol–water partition coefficient (Wildman–Crippen LogP) is 4.44. The van der Waals surface area contributed by atoms with Crippen LogP contribution < -0.4 is 10.6 Å². The van der Waals surface area contributed by atoms with Gasteiger partial charge in [-0.15, -0.1) is 0 Å². The maximum absolute atomic E-state index is 13.6. The quantitative estimate of drug-likeness (QED) is 0.533. The van der Waals surface area contributed by atoms with Crippen LogP contribution in [-0.4, -0.2) is 53.6 Å². The second-order valence-electron chi connectivity index (χ2n) is 11.7. The van der Waals surface area contributed by atoms with Crippen LogP contribution in [0.2, 0.25) is 5.02 Å². The van der Waals surface area contributed by atoms with Crippen molar-refractivity contribution >= 4 is 35.6 Å². The number of fused-ring (bicyclic) bond motifs is 1. The van der Waals surface area contributed by atoms with E-state index in [9.17, 15) is 19.6 Å². The molecule has 3 amide bonds. The Hall–Kier alpha value is -3.05. The second-order valence-corrected chi connectivity index (χ2v) is 12.1. The fraction of sp³-hybridized carbons (Fsp3) is 0.586. The zero-order valence-corrected chi connectivity index (χ0v) is 22.5. The lowest BCUT2D eigenvalue weighted by Crippen LogP contribution is -2.51. The monoisotopic (exact) mass is 538 g/mol. The molecule has 2 N–H and O–H groups in total. The lowest BCUT2D eigenvalue weighted by atomic mass is 9.67. The van der Waals surface area contributed by atoms with Crippen LogP contribution >= 0.6 is 11.6 Å². The van der Waals surface area contributed by atoms with E-state index < -0.39 is 18.2 Å². The van der Waals surface area contributed by atoms with E-state index in [0.29, 0.717) is 18.0 Å². The van der Waals surface area contributed by atoms with Crippen LogP contribution in [0.5, 0.6) is 0 Å². The van der Waals surface area contributed by atoms with Crippen molar-refractivity contribution in [2.75, 3.05) is 13.2 Å². The Morgan fingerprint density at radius 3 is 2.87 bits per heavy atom. The van der Waals surface area contributed by atoms with Crippen LogP contribution in [0, 0.1) is 28.6 Å². The molecule has 2 saturated carbocycles. The first-order valence-electron chi connectivity index (χ1n) is 13.6. The van der Waals surface area contributed by atoms with Gasteiger partial charge in [-0.25, -0.2) is 4.79 Å². The van der Waals surface area contributed by atoms with Gasteiger partial charge in [0.1, 0.15) is 18.7 Å². The molecule has 4 aliphatic rings. The molecule has 0 bridgehead atoms. The van der Waals surface area contributed by atoms with E-state index in [1.165, 1.54) is 0 Å². The zero-order valence-electron chi connectivity index (χ0n) is 21.7. The lowest BCUT2D eigenvalue weighted by Gasteiger charge is -2.36. The summed E-state index contributed by atoms with van der Waals surface area (Å²) in [5, 5.41) is 16.4. The standard InChI is InChI=1S/C29H35ClN4O4/c1-28-10-3-2-9-23(28)24(26(36)32-22(17-31)15-20-16-29(11-12-29)33-25(20)35)34(18-28)27(37)38-13-5-7-19-6-4-8-21(30)14-19/h4-8,14,20,22-24H,2-3,9-13,15-16,18H2,1H3,(H,32,36)(H,33,35)/b7-5+/t20-,22+,23-,24+,28+/m1/s1. The molecule has 202 valence electrons. The van der Waals surface area contributed by atoms with Crippen molar-refractivity contribution in [3.8, 4) is 6.07 Å². The van der Waals surface area contributed by atoms with Gasteiger partial charge < -0.3 is 15.4 Å². The van der Waals surface area contributed by atoms with Crippen molar-refractivity contribution in [2.24, 2.45) is 17.3 Å². The molecule has 1 spiro atoms. The number of benzene rings is 1. The maximum Gasteiger partial charge on any atom is 0.410 e. The number of carbonyl (C=O) groups excluding carboxylic acids is 3. The number of halogens is 1. The van der Waals surface area contributed by atoms with E-state index in [-0.39, 0.29) is 47.6 Å². The molecule has 0 unspecified atom stereocenters. The molecule has 9 heteroatoms. The highest BCUT2D eigenvalue weighted by atomic mass is 35.5. The third-order valence-electron chi connectivity index (χ3n) is 8.86. The van der Waals surface area contributed by atoms with Gasteiger partial charge in [-0.05, 0) is 73.6 Å². The van der Waals surface area contributed by atoms with Crippen molar-refractivity contribution in [3.63, 3.8) is 0 Å². The summed E-state index contributed by atoms with van der Waals surface area (Å²) in [5.41, 5.74) is 0.640. The van der Waals surface area contributed by atoms with Gasteiger partial charge in [-0.1, -0.05) is 49.6 Å². The molecule has 2 aliphatic heterocycles. The van der Waals surface area contributed by atoms with Gasteiger partial charge in [0.15, 0.2) is 0 Å².